The molecule has 6 nitrogen and oxygen atoms in total. The van der Waals surface area contributed by atoms with E-state index in [0.717, 1.165) is 27.7 Å². The standard InChI is InChI=1S/C25H20N4O2/c1-16-22-20(14-21(17-8-4-3-5-9-17)27-24(22)29(2)28-16)25(30)31-15-19-11-6-10-18-12-7-13-26-23(18)19/h3-14H,15H2,1-2H3. The van der Waals surface area contributed by atoms with Crippen molar-refractivity contribution in [2.75, 3.05) is 0 Å². The molecule has 5 aromatic rings. The van der Waals surface area contributed by atoms with Gasteiger partial charge in [0.15, 0.2) is 5.65 Å². The molecule has 0 saturated heterocycles. The summed E-state index contributed by atoms with van der Waals surface area (Å²) >= 11 is 0. The summed E-state index contributed by atoms with van der Waals surface area (Å²) < 4.78 is 7.44. The van der Waals surface area contributed by atoms with Crippen molar-refractivity contribution in [3.8, 4) is 11.3 Å². The van der Waals surface area contributed by atoms with Crippen molar-refractivity contribution in [1.29, 1.82) is 0 Å². The summed E-state index contributed by atoms with van der Waals surface area (Å²) in [6.45, 7) is 2.01. The number of ether oxygens (including phenoxy) is 1. The first-order valence-corrected chi connectivity index (χ1v) is 10.0. The highest BCUT2D eigenvalue weighted by Crippen LogP contribution is 2.28. The molecule has 5 rings (SSSR count). The number of carbonyl (C=O) groups is 1. The highest BCUT2D eigenvalue weighted by molar-refractivity contribution is 6.05. The van der Waals surface area contributed by atoms with Gasteiger partial charge in [0.2, 0.25) is 0 Å². The van der Waals surface area contributed by atoms with E-state index in [1.54, 1.807) is 16.9 Å². The van der Waals surface area contributed by atoms with Gasteiger partial charge < -0.3 is 4.74 Å². The van der Waals surface area contributed by atoms with Crippen molar-refractivity contribution in [3.63, 3.8) is 0 Å². The molecule has 152 valence electrons. The number of benzene rings is 2. The summed E-state index contributed by atoms with van der Waals surface area (Å²) in [6.07, 6.45) is 1.74. The highest BCUT2D eigenvalue weighted by Gasteiger charge is 2.20. The Kier molecular flexibility index (Phi) is 4.67. The van der Waals surface area contributed by atoms with E-state index >= 15 is 0 Å². The number of nitrogens with zero attached hydrogens (tertiary/aromatic N) is 4. The van der Waals surface area contributed by atoms with Crippen LogP contribution in [0.3, 0.4) is 0 Å². The maximum atomic E-state index is 13.2. The Hall–Kier alpha value is -4.06. The molecule has 0 amide bonds. The van der Waals surface area contributed by atoms with Crippen molar-refractivity contribution < 1.29 is 9.53 Å². The number of para-hydroxylation sites is 1. The van der Waals surface area contributed by atoms with Crippen molar-refractivity contribution in [1.82, 2.24) is 19.7 Å². The van der Waals surface area contributed by atoms with Gasteiger partial charge in [0.25, 0.3) is 0 Å². The molecule has 0 saturated carbocycles. The van der Waals surface area contributed by atoms with Crippen LogP contribution in [0.2, 0.25) is 0 Å². The van der Waals surface area contributed by atoms with Crippen molar-refractivity contribution in [2.45, 2.75) is 13.5 Å². The molecule has 0 unspecified atom stereocenters. The van der Waals surface area contributed by atoms with Crippen LogP contribution in [0.1, 0.15) is 21.6 Å². The second kappa shape index (κ2) is 7.65. The van der Waals surface area contributed by atoms with Crippen LogP contribution < -0.4 is 0 Å². The fourth-order valence-corrected chi connectivity index (χ4v) is 3.87. The molecule has 0 fully saturated rings. The molecular formula is C25H20N4O2. The third kappa shape index (κ3) is 3.42. The highest BCUT2D eigenvalue weighted by atomic mass is 16.5. The summed E-state index contributed by atoms with van der Waals surface area (Å²) in [6, 6.07) is 21.3. The van der Waals surface area contributed by atoms with Crippen molar-refractivity contribution >= 4 is 27.9 Å². The zero-order valence-electron chi connectivity index (χ0n) is 17.2. The maximum Gasteiger partial charge on any atom is 0.339 e. The van der Waals surface area contributed by atoms with Crippen LogP contribution in [0, 0.1) is 6.92 Å². The molecule has 0 radical (unpaired) electrons. The lowest BCUT2D eigenvalue weighted by Crippen LogP contribution is -2.08. The van der Waals surface area contributed by atoms with E-state index < -0.39 is 5.97 Å². The van der Waals surface area contributed by atoms with Gasteiger partial charge in [-0.05, 0) is 19.1 Å². The number of aryl methyl sites for hydroxylation is 2. The number of rotatable bonds is 4. The van der Waals surface area contributed by atoms with Gasteiger partial charge in [-0.1, -0.05) is 54.6 Å². The molecule has 31 heavy (non-hydrogen) atoms. The smallest absolute Gasteiger partial charge is 0.339 e. The Morgan fingerprint density at radius 1 is 1.03 bits per heavy atom. The number of aromatic nitrogens is 4. The number of esters is 1. The van der Waals surface area contributed by atoms with Gasteiger partial charge in [-0.2, -0.15) is 5.10 Å². The van der Waals surface area contributed by atoms with E-state index in [1.807, 2.05) is 74.6 Å². The maximum absolute atomic E-state index is 13.2. The van der Waals surface area contributed by atoms with Crippen LogP contribution >= 0.6 is 0 Å². The monoisotopic (exact) mass is 408 g/mol. The third-order valence-corrected chi connectivity index (χ3v) is 5.33. The summed E-state index contributed by atoms with van der Waals surface area (Å²) in [7, 11) is 1.83. The summed E-state index contributed by atoms with van der Waals surface area (Å²) in [5.74, 6) is -0.409. The van der Waals surface area contributed by atoms with E-state index in [4.69, 9.17) is 9.72 Å². The van der Waals surface area contributed by atoms with Crippen LogP contribution in [-0.4, -0.2) is 25.7 Å². The van der Waals surface area contributed by atoms with Crippen molar-refractivity contribution in [2.24, 2.45) is 7.05 Å². The first kappa shape index (κ1) is 18.9. The summed E-state index contributed by atoms with van der Waals surface area (Å²) in [5.41, 5.74) is 5.18. The molecule has 2 aromatic carbocycles. The van der Waals surface area contributed by atoms with Gasteiger partial charge >= 0.3 is 5.97 Å². The van der Waals surface area contributed by atoms with E-state index in [-0.39, 0.29) is 6.61 Å². The molecule has 0 aliphatic heterocycles. The predicted molar refractivity (Wildman–Crippen MR) is 120 cm³/mol. The Balaban J connectivity index is 1.55. The van der Waals surface area contributed by atoms with Gasteiger partial charge in [0.1, 0.15) is 6.61 Å². The molecule has 3 aromatic heterocycles. The van der Waals surface area contributed by atoms with Crippen LogP contribution in [0.4, 0.5) is 0 Å². The summed E-state index contributed by atoms with van der Waals surface area (Å²) in [4.78, 5) is 22.4. The predicted octanol–water partition coefficient (Wildman–Crippen LogP) is 4.85. The number of hydrogen-bond acceptors (Lipinski definition) is 5. The first-order chi connectivity index (χ1) is 15.1. The number of carbonyl (C=O) groups excluding carboxylic acids is 1. The SMILES string of the molecule is Cc1nn(C)c2nc(-c3ccccc3)cc(C(=O)OCc3cccc4cccnc34)c12. The molecule has 0 bridgehead atoms. The fraction of sp³-hybridized carbons (Fsp3) is 0.120. The quantitative estimate of drug-likeness (QED) is 0.398. The van der Waals surface area contributed by atoms with Gasteiger partial charge in [-0.25, -0.2) is 9.78 Å². The van der Waals surface area contributed by atoms with Crippen LogP contribution in [0.25, 0.3) is 33.2 Å². The molecule has 0 aliphatic rings. The van der Waals surface area contributed by atoms with Gasteiger partial charge in [0, 0.05) is 29.8 Å². The third-order valence-electron chi connectivity index (χ3n) is 5.33. The lowest BCUT2D eigenvalue weighted by Gasteiger charge is -2.10. The Labute approximate surface area is 179 Å². The van der Waals surface area contributed by atoms with Crippen LogP contribution in [0.15, 0.2) is 72.9 Å². The minimum absolute atomic E-state index is 0.136. The molecule has 0 spiro atoms. The van der Waals surface area contributed by atoms with Gasteiger partial charge in [-0.3, -0.25) is 9.67 Å². The topological polar surface area (TPSA) is 69.9 Å². The number of fused-ring (bicyclic) bond motifs is 2. The molecule has 0 atom stereocenters. The van der Waals surface area contributed by atoms with E-state index in [0.29, 0.717) is 22.3 Å². The fourth-order valence-electron chi connectivity index (χ4n) is 3.87. The minimum Gasteiger partial charge on any atom is -0.457 e. The first-order valence-electron chi connectivity index (χ1n) is 10.0. The largest absolute Gasteiger partial charge is 0.457 e. The lowest BCUT2D eigenvalue weighted by molar-refractivity contribution is 0.0476. The van der Waals surface area contributed by atoms with E-state index in [2.05, 4.69) is 10.1 Å². The molecule has 0 N–H and O–H groups in total. The summed E-state index contributed by atoms with van der Waals surface area (Å²) in [5, 5.41) is 6.19. The lowest BCUT2D eigenvalue weighted by atomic mass is 10.1. The van der Waals surface area contributed by atoms with Crippen molar-refractivity contribution in [3.05, 3.63) is 89.7 Å². The minimum atomic E-state index is -0.409. The second-order valence-electron chi connectivity index (χ2n) is 7.40. The second-order valence-corrected chi connectivity index (χ2v) is 7.40. The Morgan fingerprint density at radius 3 is 2.68 bits per heavy atom. The van der Waals surface area contributed by atoms with Gasteiger partial charge in [-0.15, -0.1) is 0 Å². The molecular weight excluding hydrogens is 388 g/mol. The zero-order chi connectivity index (χ0) is 21.4. The Morgan fingerprint density at radius 2 is 1.84 bits per heavy atom. The van der Waals surface area contributed by atoms with Gasteiger partial charge in [0.05, 0.1) is 27.9 Å². The van der Waals surface area contributed by atoms with Crippen LogP contribution in [0.5, 0.6) is 0 Å². The zero-order valence-corrected chi connectivity index (χ0v) is 17.2. The average molecular weight is 408 g/mol. The van der Waals surface area contributed by atoms with Crippen LogP contribution in [-0.2, 0) is 18.4 Å². The van der Waals surface area contributed by atoms with E-state index in [9.17, 15) is 4.79 Å². The molecule has 6 heteroatoms. The number of hydrogen-bond donors (Lipinski definition) is 0. The Bertz CT molecular complexity index is 1420. The average Bonchev–Trinajstić information content (AvgIpc) is 3.10. The number of pyridine rings is 2. The van der Waals surface area contributed by atoms with E-state index in [1.165, 1.54) is 0 Å². The normalized spacial score (nSPS) is 11.2. The molecule has 3 heterocycles. The molecule has 0 aliphatic carbocycles.